The molecule has 0 aliphatic carbocycles. The van der Waals surface area contributed by atoms with Crippen LogP contribution in [0.4, 0.5) is 0 Å². The SMILES string of the molecule is c1ccc(-c2cccc(-n3c4ccccc4c4c5c6ccccc6c6cc7ccccc7n6c5ccc43)c2)cc1. The minimum atomic E-state index is 1.17. The van der Waals surface area contributed by atoms with Crippen LogP contribution in [-0.2, 0) is 0 Å². The molecule has 9 aromatic rings. The molecule has 3 aromatic heterocycles. The zero-order chi connectivity index (χ0) is 26.2. The second-order valence-corrected chi connectivity index (χ2v) is 10.6. The summed E-state index contributed by atoms with van der Waals surface area (Å²) in [7, 11) is 0. The van der Waals surface area contributed by atoms with Gasteiger partial charge in [0.2, 0.25) is 0 Å². The van der Waals surface area contributed by atoms with E-state index in [-0.39, 0.29) is 0 Å². The Bertz CT molecular complexity index is 2420. The summed E-state index contributed by atoms with van der Waals surface area (Å²) < 4.78 is 4.89. The van der Waals surface area contributed by atoms with E-state index in [1.807, 2.05) is 0 Å². The fraction of sp³-hybridized carbons (Fsp3) is 0. The van der Waals surface area contributed by atoms with Crippen LogP contribution < -0.4 is 0 Å². The quantitative estimate of drug-likeness (QED) is 0.206. The van der Waals surface area contributed by atoms with Gasteiger partial charge in [0.15, 0.2) is 0 Å². The molecule has 40 heavy (non-hydrogen) atoms. The van der Waals surface area contributed by atoms with Crippen molar-refractivity contribution in [2.24, 2.45) is 0 Å². The number of rotatable bonds is 2. The van der Waals surface area contributed by atoms with Crippen molar-refractivity contribution in [1.29, 1.82) is 0 Å². The number of hydrogen-bond donors (Lipinski definition) is 0. The van der Waals surface area contributed by atoms with Crippen LogP contribution in [0.15, 0.2) is 146 Å². The van der Waals surface area contributed by atoms with Crippen molar-refractivity contribution in [1.82, 2.24) is 8.97 Å². The second-order valence-electron chi connectivity index (χ2n) is 10.6. The first-order chi connectivity index (χ1) is 19.9. The largest absolute Gasteiger partial charge is 0.309 e. The molecule has 0 aliphatic heterocycles. The lowest BCUT2D eigenvalue weighted by Crippen LogP contribution is -1.95. The second kappa shape index (κ2) is 8.08. The van der Waals surface area contributed by atoms with Gasteiger partial charge in [0.1, 0.15) is 0 Å². The van der Waals surface area contributed by atoms with Crippen LogP contribution in [-0.4, -0.2) is 8.97 Å². The third kappa shape index (κ3) is 2.88. The minimum Gasteiger partial charge on any atom is -0.309 e. The summed E-state index contributed by atoms with van der Waals surface area (Å²) in [5.41, 5.74) is 9.79. The average Bonchev–Trinajstić information content (AvgIpc) is 3.58. The van der Waals surface area contributed by atoms with Crippen molar-refractivity contribution in [2.75, 3.05) is 0 Å². The third-order valence-electron chi connectivity index (χ3n) is 8.45. The van der Waals surface area contributed by atoms with Crippen LogP contribution in [0.5, 0.6) is 0 Å². The zero-order valence-electron chi connectivity index (χ0n) is 21.8. The molecule has 0 N–H and O–H groups in total. The van der Waals surface area contributed by atoms with Crippen LogP contribution in [0.25, 0.3) is 76.7 Å². The lowest BCUT2D eigenvalue weighted by atomic mass is 10.00. The van der Waals surface area contributed by atoms with Crippen molar-refractivity contribution >= 4 is 59.9 Å². The fourth-order valence-corrected chi connectivity index (χ4v) is 6.78. The van der Waals surface area contributed by atoms with E-state index < -0.39 is 0 Å². The van der Waals surface area contributed by atoms with E-state index in [2.05, 4.69) is 155 Å². The summed E-state index contributed by atoms with van der Waals surface area (Å²) in [6, 6.07) is 52.9. The molecule has 0 saturated carbocycles. The molecule has 0 atom stereocenters. The smallest absolute Gasteiger partial charge is 0.0548 e. The molecule has 0 unspecified atom stereocenters. The number of pyridine rings is 1. The number of fused-ring (bicyclic) bond motifs is 12. The Morgan fingerprint density at radius 1 is 0.350 bits per heavy atom. The average molecular weight is 509 g/mol. The Labute approximate surface area is 230 Å². The standard InChI is InChI=1S/C38H24N2/c1-2-11-25(12-3-1)26-14-10-15-28(23-26)39-33-20-9-7-18-31(33)38-34(39)21-22-35-37(38)30-17-6-5-16-29(30)36-24-27-13-4-8-19-32(27)40(35)36/h1-24H. The first kappa shape index (κ1) is 21.6. The molecule has 9 rings (SSSR count). The lowest BCUT2D eigenvalue weighted by molar-refractivity contribution is 1.18. The van der Waals surface area contributed by atoms with Crippen LogP contribution in [0.1, 0.15) is 0 Å². The Morgan fingerprint density at radius 2 is 1.00 bits per heavy atom. The zero-order valence-corrected chi connectivity index (χ0v) is 21.8. The number of hydrogen-bond acceptors (Lipinski definition) is 0. The van der Waals surface area contributed by atoms with E-state index in [0.717, 1.165) is 0 Å². The van der Waals surface area contributed by atoms with E-state index in [9.17, 15) is 0 Å². The lowest BCUT2D eigenvalue weighted by Gasteiger charge is -2.13. The van der Waals surface area contributed by atoms with E-state index >= 15 is 0 Å². The molecule has 3 heterocycles. The van der Waals surface area contributed by atoms with Gasteiger partial charge in [0.05, 0.1) is 27.6 Å². The van der Waals surface area contributed by atoms with Gasteiger partial charge in [-0.2, -0.15) is 0 Å². The van der Waals surface area contributed by atoms with Gasteiger partial charge in [-0.05, 0) is 59.0 Å². The van der Waals surface area contributed by atoms with E-state index in [4.69, 9.17) is 0 Å². The molecule has 0 aliphatic rings. The molecule has 0 amide bonds. The van der Waals surface area contributed by atoms with Crippen LogP contribution >= 0.6 is 0 Å². The highest BCUT2D eigenvalue weighted by Crippen LogP contribution is 2.42. The summed E-state index contributed by atoms with van der Waals surface area (Å²) in [5, 5.41) is 7.71. The first-order valence-corrected chi connectivity index (χ1v) is 13.8. The van der Waals surface area contributed by atoms with Crippen molar-refractivity contribution in [3.63, 3.8) is 0 Å². The maximum Gasteiger partial charge on any atom is 0.0548 e. The highest BCUT2D eigenvalue weighted by Gasteiger charge is 2.19. The Balaban J connectivity index is 1.48. The normalized spacial score (nSPS) is 12.0. The molecule has 186 valence electrons. The monoisotopic (exact) mass is 508 g/mol. The van der Waals surface area contributed by atoms with Gasteiger partial charge in [0, 0.05) is 32.6 Å². The molecule has 0 fully saturated rings. The van der Waals surface area contributed by atoms with Gasteiger partial charge in [-0.3, -0.25) is 0 Å². The van der Waals surface area contributed by atoms with Crippen molar-refractivity contribution in [3.8, 4) is 16.8 Å². The number of para-hydroxylation sites is 2. The van der Waals surface area contributed by atoms with E-state index in [1.54, 1.807) is 0 Å². The maximum absolute atomic E-state index is 2.45. The van der Waals surface area contributed by atoms with E-state index in [0.29, 0.717) is 0 Å². The molecular formula is C38H24N2. The number of aromatic nitrogens is 2. The van der Waals surface area contributed by atoms with Gasteiger partial charge < -0.3 is 8.97 Å². The summed E-state index contributed by atoms with van der Waals surface area (Å²) in [6.45, 7) is 0. The highest BCUT2D eigenvalue weighted by molar-refractivity contribution is 6.30. The third-order valence-corrected chi connectivity index (χ3v) is 8.45. The molecule has 0 saturated heterocycles. The summed E-state index contributed by atoms with van der Waals surface area (Å²) in [4.78, 5) is 0. The predicted molar refractivity (Wildman–Crippen MR) is 170 cm³/mol. The van der Waals surface area contributed by atoms with Crippen molar-refractivity contribution < 1.29 is 0 Å². The van der Waals surface area contributed by atoms with Crippen LogP contribution in [0, 0.1) is 0 Å². The van der Waals surface area contributed by atoms with Gasteiger partial charge >= 0.3 is 0 Å². The van der Waals surface area contributed by atoms with Crippen LogP contribution in [0.3, 0.4) is 0 Å². The van der Waals surface area contributed by atoms with Crippen molar-refractivity contribution in [2.45, 2.75) is 0 Å². The molecular weight excluding hydrogens is 484 g/mol. The first-order valence-electron chi connectivity index (χ1n) is 13.8. The van der Waals surface area contributed by atoms with Gasteiger partial charge in [-0.1, -0.05) is 103 Å². The summed E-state index contributed by atoms with van der Waals surface area (Å²) >= 11 is 0. The predicted octanol–water partition coefficient (Wildman–Crippen LogP) is 10.2. The molecule has 2 heteroatoms. The van der Waals surface area contributed by atoms with Gasteiger partial charge in [0.25, 0.3) is 0 Å². The molecule has 6 aromatic carbocycles. The molecule has 0 radical (unpaired) electrons. The Kier molecular flexibility index (Phi) is 4.36. The van der Waals surface area contributed by atoms with Crippen LogP contribution in [0.2, 0.25) is 0 Å². The topological polar surface area (TPSA) is 9.34 Å². The van der Waals surface area contributed by atoms with Gasteiger partial charge in [-0.15, -0.1) is 0 Å². The fourth-order valence-electron chi connectivity index (χ4n) is 6.78. The van der Waals surface area contributed by atoms with Crippen molar-refractivity contribution in [3.05, 3.63) is 146 Å². The maximum atomic E-state index is 2.45. The summed E-state index contributed by atoms with van der Waals surface area (Å²) in [6.07, 6.45) is 0. The molecule has 0 spiro atoms. The summed E-state index contributed by atoms with van der Waals surface area (Å²) in [5.74, 6) is 0. The molecule has 2 nitrogen and oxygen atoms in total. The van der Waals surface area contributed by atoms with Gasteiger partial charge in [-0.25, -0.2) is 0 Å². The minimum absolute atomic E-state index is 1.17. The van der Waals surface area contributed by atoms with E-state index in [1.165, 1.54) is 76.7 Å². The molecule has 0 bridgehead atoms. The Morgan fingerprint density at radius 3 is 1.88 bits per heavy atom. The number of nitrogens with zero attached hydrogens (tertiary/aromatic N) is 2. The number of benzene rings is 6. The highest BCUT2D eigenvalue weighted by atomic mass is 15.0. The Hall–Kier alpha value is -5.34.